The first kappa shape index (κ1) is 11.7. The molecule has 0 saturated heterocycles. The summed E-state index contributed by atoms with van der Waals surface area (Å²) < 4.78 is 1.31. The Kier molecular flexibility index (Phi) is 3.19. The van der Waals surface area contributed by atoms with E-state index in [1.165, 1.54) is 10.8 Å². The summed E-state index contributed by atoms with van der Waals surface area (Å²) in [7, 11) is 0. The number of ketones is 1. The van der Waals surface area contributed by atoms with Crippen LogP contribution in [-0.2, 0) is 6.54 Å². The molecule has 0 N–H and O–H groups in total. The average Bonchev–Trinajstić information content (AvgIpc) is 2.61. The predicted octanol–water partition coefficient (Wildman–Crippen LogP) is 1.80. The molecule has 5 heteroatoms. The van der Waals surface area contributed by atoms with Crippen molar-refractivity contribution in [2.75, 3.05) is 0 Å². The lowest BCUT2D eigenvalue weighted by atomic mass is 10.1. The van der Waals surface area contributed by atoms with Gasteiger partial charge < -0.3 is 0 Å². The highest BCUT2D eigenvalue weighted by Crippen LogP contribution is 2.21. The number of aryl methyl sites for hydroxylation is 2. The van der Waals surface area contributed by atoms with Crippen molar-refractivity contribution in [3.8, 4) is 0 Å². The summed E-state index contributed by atoms with van der Waals surface area (Å²) in [5.41, 5.74) is 0.300. The van der Waals surface area contributed by atoms with Crippen molar-refractivity contribution >= 4 is 17.1 Å². The molecule has 0 aliphatic carbocycles. The Hall–Kier alpha value is -1.75. The van der Waals surface area contributed by atoms with Gasteiger partial charge in [-0.3, -0.25) is 9.36 Å². The highest BCUT2D eigenvalue weighted by molar-refractivity contribution is 7.12. The second-order valence-corrected chi connectivity index (χ2v) is 5.24. The minimum absolute atomic E-state index is 0.0453. The number of thiophene rings is 1. The third kappa shape index (κ3) is 2.50. The van der Waals surface area contributed by atoms with E-state index in [1.807, 2.05) is 19.9 Å². The van der Waals surface area contributed by atoms with Crippen molar-refractivity contribution < 1.29 is 4.79 Å². The zero-order valence-electron chi connectivity index (χ0n) is 9.64. The molecule has 0 unspecified atom stereocenters. The van der Waals surface area contributed by atoms with Gasteiger partial charge in [0.15, 0.2) is 5.78 Å². The van der Waals surface area contributed by atoms with E-state index in [9.17, 15) is 9.59 Å². The van der Waals surface area contributed by atoms with E-state index in [1.54, 1.807) is 23.6 Å². The molecular weight excluding hydrogens is 236 g/mol. The molecule has 4 nitrogen and oxygen atoms in total. The van der Waals surface area contributed by atoms with E-state index in [2.05, 4.69) is 4.98 Å². The van der Waals surface area contributed by atoms with Crippen molar-refractivity contribution in [2.24, 2.45) is 0 Å². The number of carbonyl (C=O) groups excluding carboxylic acids is 1. The number of carbonyl (C=O) groups is 1. The predicted molar refractivity (Wildman–Crippen MR) is 66.6 cm³/mol. The Balaban J connectivity index is 2.26. The summed E-state index contributed by atoms with van der Waals surface area (Å²) >= 11 is 1.59. The van der Waals surface area contributed by atoms with Gasteiger partial charge >= 0.3 is 5.69 Å². The summed E-state index contributed by atoms with van der Waals surface area (Å²) in [6.07, 6.45) is 2.99. The molecule has 0 aliphatic heterocycles. The average molecular weight is 248 g/mol. The largest absolute Gasteiger partial charge is 0.347 e. The van der Waals surface area contributed by atoms with Gasteiger partial charge in [-0.2, -0.15) is 0 Å². The van der Waals surface area contributed by atoms with Crippen molar-refractivity contribution in [2.45, 2.75) is 20.4 Å². The van der Waals surface area contributed by atoms with E-state index in [-0.39, 0.29) is 12.3 Å². The molecule has 17 heavy (non-hydrogen) atoms. The zero-order valence-corrected chi connectivity index (χ0v) is 10.5. The topological polar surface area (TPSA) is 52.0 Å². The van der Waals surface area contributed by atoms with Gasteiger partial charge in [0, 0.05) is 27.7 Å². The van der Waals surface area contributed by atoms with Crippen LogP contribution in [0.25, 0.3) is 0 Å². The van der Waals surface area contributed by atoms with E-state index in [0.29, 0.717) is 5.56 Å². The smallest absolute Gasteiger partial charge is 0.292 e. The molecule has 0 radical (unpaired) electrons. The maximum Gasteiger partial charge on any atom is 0.347 e. The maximum absolute atomic E-state index is 12.0. The maximum atomic E-state index is 12.0. The van der Waals surface area contributed by atoms with Crippen molar-refractivity contribution in [1.29, 1.82) is 0 Å². The second-order valence-electron chi connectivity index (χ2n) is 3.78. The van der Waals surface area contributed by atoms with Crippen LogP contribution in [0.1, 0.15) is 20.1 Å². The number of aromatic nitrogens is 2. The van der Waals surface area contributed by atoms with Gasteiger partial charge in [-0.05, 0) is 26.0 Å². The summed E-state index contributed by atoms with van der Waals surface area (Å²) in [6, 6.07) is 3.50. The summed E-state index contributed by atoms with van der Waals surface area (Å²) in [4.78, 5) is 29.1. The lowest BCUT2D eigenvalue weighted by molar-refractivity contribution is 0.0970. The lowest BCUT2D eigenvalue weighted by Gasteiger charge is -2.02. The quantitative estimate of drug-likeness (QED) is 0.778. The first-order valence-electron chi connectivity index (χ1n) is 5.19. The monoisotopic (exact) mass is 248 g/mol. The number of hydrogen-bond acceptors (Lipinski definition) is 4. The Labute approximate surface area is 103 Å². The van der Waals surface area contributed by atoms with Crippen LogP contribution in [0.5, 0.6) is 0 Å². The van der Waals surface area contributed by atoms with E-state index in [4.69, 9.17) is 0 Å². The van der Waals surface area contributed by atoms with Crippen LogP contribution in [0, 0.1) is 13.8 Å². The zero-order chi connectivity index (χ0) is 12.4. The number of hydrogen-bond donors (Lipinski definition) is 0. The molecule has 0 fully saturated rings. The third-order valence-corrected chi connectivity index (χ3v) is 3.40. The van der Waals surface area contributed by atoms with Gasteiger partial charge in [0.1, 0.15) is 0 Å². The minimum atomic E-state index is -0.398. The third-order valence-electron chi connectivity index (χ3n) is 2.44. The molecule has 0 saturated carbocycles. The summed E-state index contributed by atoms with van der Waals surface area (Å²) in [5, 5.41) is 0. The molecule has 0 atom stereocenters. The fourth-order valence-electron chi connectivity index (χ4n) is 1.65. The van der Waals surface area contributed by atoms with Gasteiger partial charge in [0.2, 0.25) is 0 Å². The molecule has 0 aromatic carbocycles. The van der Waals surface area contributed by atoms with Crippen molar-refractivity contribution in [1.82, 2.24) is 9.55 Å². The van der Waals surface area contributed by atoms with Crippen LogP contribution < -0.4 is 5.69 Å². The fourth-order valence-corrected chi connectivity index (χ4v) is 2.60. The van der Waals surface area contributed by atoms with Crippen LogP contribution in [0.4, 0.5) is 0 Å². The molecule has 2 heterocycles. The standard InChI is InChI=1S/C12H12N2O2S/c1-8-6-10(9(2)17-8)11(15)7-14-5-3-4-13-12(14)16/h3-6H,7H2,1-2H3. The molecule has 0 bridgehead atoms. The Morgan fingerprint density at radius 2 is 2.24 bits per heavy atom. The molecular formula is C12H12N2O2S. The highest BCUT2D eigenvalue weighted by Gasteiger charge is 2.12. The first-order valence-corrected chi connectivity index (χ1v) is 6.01. The number of nitrogens with zero attached hydrogens (tertiary/aromatic N) is 2. The van der Waals surface area contributed by atoms with Crippen LogP contribution in [0.3, 0.4) is 0 Å². The molecule has 2 rings (SSSR count). The Bertz CT molecular complexity index is 613. The first-order chi connectivity index (χ1) is 8.08. The van der Waals surface area contributed by atoms with Crippen LogP contribution in [0.15, 0.2) is 29.3 Å². The minimum Gasteiger partial charge on any atom is -0.292 e. The summed E-state index contributed by atoms with van der Waals surface area (Å²) in [5.74, 6) is -0.0537. The highest BCUT2D eigenvalue weighted by atomic mass is 32.1. The SMILES string of the molecule is Cc1cc(C(=O)Cn2cccnc2=O)c(C)s1. The van der Waals surface area contributed by atoms with Crippen LogP contribution in [-0.4, -0.2) is 15.3 Å². The van der Waals surface area contributed by atoms with Crippen LogP contribution in [0.2, 0.25) is 0 Å². The summed E-state index contributed by atoms with van der Waals surface area (Å²) in [6.45, 7) is 3.92. The molecule has 0 amide bonds. The number of rotatable bonds is 3. The lowest BCUT2D eigenvalue weighted by Crippen LogP contribution is -2.25. The van der Waals surface area contributed by atoms with Gasteiger partial charge in [-0.25, -0.2) is 9.78 Å². The molecule has 88 valence electrons. The van der Waals surface area contributed by atoms with Gasteiger partial charge in [-0.1, -0.05) is 0 Å². The van der Waals surface area contributed by atoms with Gasteiger partial charge in [0.25, 0.3) is 0 Å². The van der Waals surface area contributed by atoms with Crippen LogP contribution >= 0.6 is 11.3 Å². The second kappa shape index (κ2) is 4.63. The van der Waals surface area contributed by atoms with E-state index < -0.39 is 5.69 Å². The normalized spacial score (nSPS) is 10.5. The Morgan fingerprint density at radius 1 is 1.47 bits per heavy atom. The molecule has 0 aliphatic rings. The number of Topliss-reactive ketones (excluding diaryl/α,β-unsaturated/α-hetero) is 1. The van der Waals surface area contributed by atoms with Gasteiger partial charge in [-0.15, -0.1) is 11.3 Å². The van der Waals surface area contributed by atoms with Gasteiger partial charge in [0.05, 0.1) is 6.54 Å². The van der Waals surface area contributed by atoms with E-state index in [0.717, 1.165) is 9.75 Å². The molecule has 0 spiro atoms. The van der Waals surface area contributed by atoms with E-state index >= 15 is 0 Å². The van der Waals surface area contributed by atoms with Crippen molar-refractivity contribution in [3.05, 3.63) is 50.3 Å². The van der Waals surface area contributed by atoms with Crippen molar-refractivity contribution in [3.63, 3.8) is 0 Å². The molecule has 2 aromatic rings. The fraction of sp³-hybridized carbons (Fsp3) is 0.250. The molecule has 2 aromatic heterocycles. The Morgan fingerprint density at radius 3 is 2.82 bits per heavy atom.